The molecule has 1 aromatic heterocycles. The fraction of sp³-hybridized carbons (Fsp3) is 0.609. The molecule has 2 aromatic rings. The monoisotopic (exact) mass is 551 g/mol. The molecule has 8 nitrogen and oxygen atoms in total. The van der Waals surface area contributed by atoms with E-state index in [2.05, 4.69) is 49.9 Å². The van der Waals surface area contributed by atoms with E-state index in [0.29, 0.717) is 29.9 Å². The predicted octanol–water partition coefficient (Wildman–Crippen LogP) is 4.86. The van der Waals surface area contributed by atoms with Crippen LogP contribution in [0, 0.1) is 0 Å². The third-order valence-corrected chi connectivity index (χ3v) is 7.00. The fourth-order valence-electron chi connectivity index (χ4n) is 4.41. The summed E-state index contributed by atoms with van der Waals surface area (Å²) in [6.45, 7) is 2.04. The maximum atomic E-state index is 5.46. The Bertz CT molecular complexity index is 867. The number of benzene rings is 1. The van der Waals surface area contributed by atoms with Gasteiger partial charge < -0.3 is 26.0 Å². The van der Waals surface area contributed by atoms with Crippen LogP contribution in [0.25, 0.3) is 0 Å². The number of hydrogen-bond donors (Lipinski definition) is 4. The van der Waals surface area contributed by atoms with Gasteiger partial charge in [-0.05, 0) is 57.0 Å². The van der Waals surface area contributed by atoms with Crippen LogP contribution in [0.2, 0.25) is 0 Å². The van der Waals surface area contributed by atoms with Crippen molar-refractivity contribution >= 4 is 46.1 Å². The lowest BCUT2D eigenvalue weighted by molar-refractivity contribution is 0.411. The standard InChI is InChI=1S/C23H34IN7O/c1-32-20-9-8-19(14-16(20)15-24)28-23-30-21(26-17-6-4-2-3-5-7-17)29-22(31-23)27-18-10-12-25-13-11-18/h8-9,14,17-18,25H,2-7,10-13,15H2,1H3,(H3,26,27,28,29,30,31). The first-order valence-corrected chi connectivity index (χ1v) is 13.3. The first-order chi connectivity index (χ1) is 15.7. The van der Waals surface area contributed by atoms with Crippen LogP contribution >= 0.6 is 22.6 Å². The SMILES string of the molecule is COc1ccc(Nc2nc(NC3CCCCCC3)nc(NC3CCNCC3)n2)cc1CI. The second kappa shape index (κ2) is 11.8. The Balaban J connectivity index is 1.55. The van der Waals surface area contributed by atoms with Crippen molar-refractivity contribution in [3.63, 3.8) is 0 Å². The second-order valence-electron chi connectivity index (χ2n) is 8.59. The van der Waals surface area contributed by atoms with E-state index in [1.54, 1.807) is 7.11 Å². The number of rotatable bonds is 8. The van der Waals surface area contributed by atoms with Gasteiger partial charge in [0.25, 0.3) is 0 Å². The molecule has 1 saturated carbocycles. The molecule has 1 aliphatic carbocycles. The van der Waals surface area contributed by atoms with Crippen molar-refractivity contribution in [3.8, 4) is 5.75 Å². The first kappa shape index (κ1) is 23.3. The quantitative estimate of drug-likeness (QED) is 0.210. The van der Waals surface area contributed by atoms with Gasteiger partial charge >= 0.3 is 0 Å². The highest BCUT2D eigenvalue weighted by Crippen LogP contribution is 2.27. The fourth-order valence-corrected chi connectivity index (χ4v) is 5.00. The molecule has 0 unspecified atom stereocenters. The number of hydrogen-bond acceptors (Lipinski definition) is 8. The topological polar surface area (TPSA) is 96.0 Å². The largest absolute Gasteiger partial charge is 0.496 e. The average molecular weight is 551 g/mol. The second-order valence-corrected chi connectivity index (χ2v) is 9.36. The highest BCUT2D eigenvalue weighted by Gasteiger charge is 2.18. The van der Waals surface area contributed by atoms with E-state index in [9.17, 15) is 0 Å². The highest BCUT2D eigenvalue weighted by atomic mass is 127. The number of methoxy groups -OCH3 is 1. The summed E-state index contributed by atoms with van der Waals surface area (Å²) >= 11 is 2.35. The Labute approximate surface area is 204 Å². The van der Waals surface area contributed by atoms with E-state index >= 15 is 0 Å². The van der Waals surface area contributed by atoms with Crippen molar-refractivity contribution in [1.29, 1.82) is 0 Å². The molecule has 1 saturated heterocycles. The van der Waals surface area contributed by atoms with Gasteiger partial charge in [0.15, 0.2) is 0 Å². The molecule has 0 radical (unpaired) electrons. The summed E-state index contributed by atoms with van der Waals surface area (Å²) < 4.78 is 6.33. The lowest BCUT2D eigenvalue weighted by Gasteiger charge is -2.24. The molecular weight excluding hydrogens is 517 g/mol. The zero-order valence-corrected chi connectivity index (χ0v) is 21.0. The molecule has 1 aliphatic heterocycles. The van der Waals surface area contributed by atoms with Crippen molar-refractivity contribution in [1.82, 2.24) is 20.3 Å². The van der Waals surface area contributed by atoms with Gasteiger partial charge in [0.2, 0.25) is 17.8 Å². The number of alkyl halides is 1. The third kappa shape index (κ3) is 6.57. The summed E-state index contributed by atoms with van der Waals surface area (Å²) in [4.78, 5) is 14.1. The van der Waals surface area contributed by atoms with Gasteiger partial charge in [-0.1, -0.05) is 48.3 Å². The number of nitrogens with one attached hydrogen (secondary N) is 4. The van der Waals surface area contributed by atoms with Gasteiger partial charge in [-0.3, -0.25) is 0 Å². The van der Waals surface area contributed by atoms with Gasteiger partial charge in [-0.15, -0.1) is 0 Å². The van der Waals surface area contributed by atoms with Crippen LogP contribution in [0.4, 0.5) is 23.5 Å². The Morgan fingerprint density at radius 3 is 2.16 bits per heavy atom. The molecule has 32 heavy (non-hydrogen) atoms. The number of anilines is 4. The van der Waals surface area contributed by atoms with E-state index in [4.69, 9.17) is 19.7 Å². The summed E-state index contributed by atoms with van der Waals surface area (Å²) in [5, 5.41) is 13.9. The molecule has 1 aromatic carbocycles. The van der Waals surface area contributed by atoms with Crippen LogP contribution in [0.15, 0.2) is 18.2 Å². The Hall–Kier alpha value is -1.88. The summed E-state index contributed by atoms with van der Waals surface area (Å²) in [5.74, 6) is 2.73. The summed E-state index contributed by atoms with van der Waals surface area (Å²) in [6, 6.07) is 6.87. The number of aromatic nitrogens is 3. The molecular formula is C23H34IN7O. The molecule has 0 amide bonds. The van der Waals surface area contributed by atoms with E-state index < -0.39 is 0 Å². The van der Waals surface area contributed by atoms with E-state index in [0.717, 1.165) is 47.4 Å². The van der Waals surface area contributed by atoms with Crippen LogP contribution in [-0.2, 0) is 4.43 Å². The van der Waals surface area contributed by atoms with Gasteiger partial charge in [-0.2, -0.15) is 15.0 Å². The molecule has 174 valence electrons. The first-order valence-electron chi connectivity index (χ1n) is 11.7. The highest BCUT2D eigenvalue weighted by molar-refractivity contribution is 14.1. The third-order valence-electron chi connectivity index (χ3n) is 6.18. The zero-order valence-electron chi connectivity index (χ0n) is 18.8. The van der Waals surface area contributed by atoms with Crippen LogP contribution in [-0.4, -0.2) is 47.2 Å². The van der Waals surface area contributed by atoms with Gasteiger partial charge in [0, 0.05) is 27.8 Å². The van der Waals surface area contributed by atoms with Crippen LogP contribution in [0.5, 0.6) is 5.75 Å². The molecule has 4 N–H and O–H groups in total. The number of ether oxygens (including phenoxy) is 1. The van der Waals surface area contributed by atoms with E-state index in [-0.39, 0.29) is 0 Å². The predicted molar refractivity (Wildman–Crippen MR) is 138 cm³/mol. The zero-order chi connectivity index (χ0) is 22.2. The Morgan fingerprint density at radius 2 is 1.53 bits per heavy atom. The van der Waals surface area contributed by atoms with E-state index in [1.807, 2.05) is 12.1 Å². The minimum absolute atomic E-state index is 0.379. The van der Waals surface area contributed by atoms with Crippen LogP contribution < -0.4 is 26.0 Å². The molecule has 2 heterocycles. The molecule has 4 rings (SSSR count). The maximum absolute atomic E-state index is 5.46. The molecule has 2 aliphatic rings. The Kier molecular flexibility index (Phi) is 8.61. The minimum Gasteiger partial charge on any atom is -0.496 e. The summed E-state index contributed by atoms with van der Waals surface area (Å²) in [5.41, 5.74) is 2.08. The van der Waals surface area contributed by atoms with Crippen molar-refractivity contribution in [3.05, 3.63) is 23.8 Å². The molecule has 9 heteroatoms. The molecule has 0 atom stereocenters. The van der Waals surface area contributed by atoms with Gasteiger partial charge in [-0.25, -0.2) is 0 Å². The lowest BCUT2D eigenvalue weighted by Crippen LogP contribution is -2.36. The van der Waals surface area contributed by atoms with Crippen molar-refractivity contribution in [2.24, 2.45) is 0 Å². The summed E-state index contributed by atoms with van der Waals surface area (Å²) in [7, 11) is 1.70. The average Bonchev–Trinajstić information content (AvgIpc) is 3.08. The smallest absolute Gasteiger partial charge is 0.233 e. The number of piperidine rings is 1. The van der Waals surface area contributed by atoms with Crippen LogP contribution in [0.3, 0.4) is 0 Å². The maximum Gasteiger partial charge on any atom is 0.233 e. The normalized spacial score (nSPS) is 18.1. The lowest BCUT2D eigenvalue weighted by atomic mass is 10.1. The van der Waals surface area contributed by atoms with Crippen molar-refractivity contribution in [2.45, 2.75) is 67.9 Å². The molecule has 0 spiro atoms. The number of nitrogens with zero attached hydrogens (tertiary/aromatic N) is 3. The van der Waals surface area contributed by atoms with Crippen molar-refractivity contribution in [2.75, 3.05) is 36.1 Å². The Morgan fingerprint density at radius 1 is 0.906 bits per heavy atom. The molecule has 0 bridgehead atoms. The van der Waals surface area contributed by atoms with Crippen LogP contribution in [0.1, 0.15) is 56.9 Å². The van der Waals surface area contributed by atoms with E-state index in [1.165, 1.54) is 38.5 Å². The van der Waals surface area contributed by atoms with Crippen molar-refractivity contribution < 1.29 is 4.74 Å². The molecule has 2 fully saturated rings. The summed E-state index contributed by atoms with van der Waals surface area (Å²) in [6.07, 6.45) is 9.64. The van der Waals surface area contributed by atoms with Gasteiger partial charge in [0.05, 0.1) is 7.11 Å². The van der Waals surface area contributed by atoms with Gasteiger partial charge in [0.1, 0.15) is 5.75 Å². The minimum atomic E-state index is 0.379. The number of halogens is 1.